The van der Waals surface area contributed by atoms with Crippen LogP contribution in [0.3, 0.4) is 0 Å². The Balaban J connectivity index is 2.41. The van der Waals surface area contributed by atoms with E-state index in [1.807, 2.05) is 13.8 Å². The van der Waals surface area contributed by atoms with Crippen molar-refractivity contribution in [2.75, 3.05) is 6.61 Å². The number of hydrogen-bond donors (Lipinski definition) is 2. The molecule has 0 bridgehead atoms. The molecule has 15 heavy (non-hydrogen) atoms. The summed E-state index contributed by atoms with van der Waals surface area (Å²) in [6.45, 7) is 4.93. The molecule has 0 aliphatic carbocycles. The van der Waals surface area contributed by atoms with E-state index >= 15 is 0 Å². The highest BCUT2D eigenvalue weighted by Crippen LogP contribution is 2.20. The van der Waals surface area contributed by atoms with Crippen molar-refractivity contribution in [1.82, 2.24) is 5.48 Å². The third-order valence-corrected chi connectivity index (χ3v) is 1.85. The molecule has 0 amide bonds. The van der Waals surface area contributed by atoms with Gasteiger partial charge in [-0.15, -0.1) is 0 Å². The minimum atomic E-state index is -0.613. The van der Waals surface area contributed by atoms with Crippen LogP contribution in [-0.2, 0) is 11.4 Å². The molecule has 0 unspecified atom stereocenters. The summed E-state index contributed by atoms with van der Waals surface area (Å²) in [6, 6.07) is 4.41. The molecule has 1 aromatic carbocycles. The van der Waals surface area contributed by atoms with Crippen LogP contribution in [0.2, 0.25) is 0 Å². The second kappa shape index (κ2) is 5.68. The Kier molecular flexibility index (Phi) is 4.52. The van der Waals surface area contributed by atoms with Crippen molar-refractivity contribution in [3.05, 3.63) is 29.6 Å². The van der Waals surface area contributed by atoms with Crippen molar-refractivity contribution in [2.24, 2.45) is 5.92 Å². The highest BCUT2D eigenvalue weighted by Gasteiger charge is 2.05. The Bertz CT molecular complexity index is 315. The van der Waals surface area contributed by atoms with Crippen molar-refractivity contribution in [3.8, 4) is 5.75 Å². The van der Waals surface area contributed by atoms with E-state index < -0.39 is 5.82 Å². The van der Waals surface area contributed by atoms with Gasteiger partial charge in [0, 0.05) is 12.1 Å². The summed E-state index contributed by atoms with van der Waals surface area (Å²) in [6.07, 6.45) is 0. The number of hydrogen-bond acceptors (Lipinski definition) is 3. The van der Waals surface area contributed by atoms with Gasteiger partial charge in [0.15, 0.2) is 11.6 Å². The Morgan fingerprint density at radius 3 is 2.87 bits per heavy atom. The van der Waals surface area contributed by atoms with Crippen LogP contribution in [0.1, 0.15) is 19.4 Å². The number of aromatic hydroxyl groups is 1. The number of phenolic OH excluding ortho intramolecular Hbond substituents is 1. The molecule has 0 heterocycles. The van der Waals surface area contributed by atoms with Gasteiger partial charge in [-0.05, 0) is 12.0 Å². The molecule has 1 rings (SSSR count). The maximum atomic E-state index is 12.9. The van der Waals surface area contributed by atoms with Crippen LogP contribution < -0.4 is 5.48 Å². The summed E-state index contributed by atoms with van der Waals surface area (Å²) >= 11 is 0. The van der Waals surface area contributed by atoms with E-state index in [4.69, 9.17) is 4.84 Å². The Morgan fingerprint density at radius 2 is 2.20 bits per heavy atom. The third kappa shape index (κ3) is 3.85. The minimum Gasteiger partial charge on any atom is -0.505 e. The average molecular weight is 213 g/mol. The molecule has 0 saturated heterocycles. The zero-order valence-corrected chi connectivity index (χ0v) is 8.96. The summed E-state index contributed by atoms with van der Waals surface area (Å²) in [5.41, 5.74) is 3.16. The summed E-state index contributed by atoms with van der Waals surface area (Å²) in [4.78, 5) is 5.11. The molecule has 0 saturated carbocycles. The van der Waals surface area contributed by atoms with Crippen molar-refractivity contribution in [3.63, 3.8) is 0 Å². The predicted molar refractivity (Wildman–Crippen MR) is 55.7 cm³/mol. The fraction of sp³-hybridized carbons (Fsp3) is 0.455. The van der Waals surface area contributed by atoms with E-state index in [2.05, 4.69) is 5.48 Å². The maximum absolute atomic E-state index is 12.9. The van der Waals surface area contributed by atoms with Crippen LogP contribution in [0.25, 0.3) is 0 Å². The summed E-state index contributed by atoms with van der Waals surface area (Å²) in [7, 11) is 0. The van der Waals surface area contributed by atoms with Gasteiger partial charge in [0.25, 0.3) is 0 Å². The lowest BCUT2D eigenvalue weighted by molar-refractivity contribution is 0.0192. The van der Waals surface area contributed by atoms with E-state index in [1.165, 1.54) is 6.07 Å². The Morgan fingerprint density at radius 1 is 1.47 bits per heavy atom. The number of halogens is 1. The molecule has 0 radical (unpaired) electrons. The smallest absolute Gasteiger partial charge is 0.165 e. The van der Waals surface area contributed by atoms with Crippen LogP contribution in [-0.4, -0.2) is 11.7 Å². The van der Waals surface area contributed by atoms with Crippen molar-refractivity contribution in [2.45, 2.75) is 20.4 Å². The molecule has 4 heteroatoms. The quantitative estimate of drug-likeness (QED) is 0.582. The number of phenols is 1. The van der Waals surface area contributed by atoms with Crippen molar-refractivity contribution < 1.29 is 14.3 Å². The molecule has 0 spiro atoms. The van der Waals surface area contributed by atoms with Gasteiger partial charge in [0.1, 0.15) is 0 Å². The van der Waals surface area contributed by atoms with E-state index in [9.17, 15) is 9.50 Å². The van der Waals surface area contributed by atoms with Crippen molar-refractivity contribution in [1.29, 1.82) is 0 Å². The average Bonchev–Trinajstić information content (AvgIpc) is 2.18. The fourth-order valence-corrected chi connectivity index (χ4v) is 1.06. The standard InChI is InChI=1S/C11H16FNO2/c1-8(2)7-15-13-6-9-4-3-5-10(12)11(9)14/h3-5,8,13-14H,6-7H2,1-2H3. The Labute approximate surface area is 88.8 Å². The first-order chi connectivity index (χ1) is 7.11. The number of benzene rings is 1. The normalized spacial score (nSPS) is 10.9. The zero-order valence-electron chi connectivity index (χ0n) is 8.96. The molecule has 0 aromatic heterocycles. The van der Waals surface area contributed by atoms with E-state index in [0.29, 0.717) is 18.1 Å². The summed E-state index contributed by atoms with van der Waals surface area (Å²) < 4.78 is 12.9. The second-order valence-electron chi connectivity index (χ2n) is 3.77. The first-order valence-corrected chi connectivity index (χ1v) is 4.92. The lowest BCUT2D eigenvalue weighted by Gasteiger charge is -2.09. The van der Waals surface area contributed by atoms with Gasteiger partial charge in [0.2, 0.25) is 0 Å². The molecule has 0 aliphatic rings. The SMILES string of the molecule is CC(C)CONCc1cccc(F)c1O. The van der Waals surface area contributed by atoms with Gasteiger partial charge < -0.3 is 9.94 Å². The minimum absolute atomic E-state index is 0.288. The number of rotatable bonds is 5. The van der Waals surface area contributed by atoms with Crippen LogP contribution in [0.15, 0.2) is 18.2 Å². The lowest BCUT2D eigenvalue weighted by atomic mass is 10.2. The van der Waals surface area contributed by atoms with Gasteiger partial charge in [0.05, 0.1) is 6.61 Å². The molecule has 3 nitrogen and oxygen atoms in total. The Hall–Kier alpha value is -1.13. The number of para-hydroxylation sites is 1. The second-order valence-corrected chi connectivity index (χ2v) is 3.77. The highest BCUT2D eigenvalue weighted by atomic mass is 19.1. The van der Waals surface area contributed by atoms with E-state index in [1.54, 1.807) is 12.1 Å². The summed E-state index contributed by atoms with van der Waals surface area (Å²) in [5.74, 6) is -0.505. The first kappa shape index (κ1) is 11.9. The topological polar surface area (TPSA) is 41.5 Å². The molecule has 84 valence electrons. The first-order valence-electron chi connectivity index (χ1n) is 4.92. The maximum Gasteiger partial charge on any atom is 0.165 e. The molecule has 0 aliphatic heterocycles. The van der Waals surface area contributed by atoms with Crippen molar-refractivity contribution >= 4 is 0 Å². The largest absolute Gasteiger partial charge is 0.505 e. The fourth-order valence-electron chi connectivity index (χ4n) is 1.06. The van der Waals surface area contributed by atoms with Crippen LogP contribution >= 0.6 is 0 Å². The van der Waals surface area contributed by atoms with Crippen LogP contribution in [0.4, 0.5) is 4.39 Å². The summed E-state index contributed by atoms with van der Waals surface area (Å²) in [5, 5.41) is 9.34. The third-order valence-electron chi connectivity index (χ3n) is 1.85. The van der Waals surface area contributed by atoms with Crippen LogP contribution in [0.5, 0.6) is 5.75 Å². The molecule has 0 atom stereocenters. The van der Waals surface area contributed by atoms with E-state index in [-0.39, 0.29) is 12.3 Å². The van der Waals surface area contributed by atoms with Crippen LogP contribution in [0, 0.1) is 11.7 Å². The highest BCUT2D eigenvalue weighted by molar-refractivity contribution is 5.33. The lowest BCUT2D eigenvalue weighted by Crippen LogP contribution is -2.17. The zero-order chi connectivity index (χ0) is 11.3. The van der Waals surface area contributed by atoms with E-state index in [0.717, 1.165) is 0 Å². The van der Waals surface area contributed by atoms with Gasteiger partial charge in [-0.2, -0.15) is 5.48 Å². The molecule has 2 N–H and O–H groups in total. The number of hydroxylamine groups is 1. The predicted octanol–water partition coefficient (Wildman–Crippen LogP) is 2.21. The van der Waals surface area contributed by atoms with Gasteiger partial charge >= 0.3 is 0 Å². The molecule has 0 fully saturated rings. The molecule has 1 aromatic rings. The monoisotopic (exact) mass is 213 g/mol. The molecular formula is C11H16FNO2. The van der Waals surface area contributed by atoms with Gasteiger partial charge in [-0.1, -0.05) is 26.0 Å². The van der Waals surface area contributed by atoms with Gasteiger partial charge in [-0.25, -0.2) is 4.39 Å². The number of nitrogens with one attached hydrogen (secondary N) is 1. The van der Waals surface area contributed by atoms with Gasteiger partial charge in [-0.3, -0.25) is 0 Å². The molecular weight excluding hydrogens is 197 g/mol.